The molecule has 1 aromatic carbocycles. The average Bonchev–Trinajstić information content (AvgIpc) is 2.77. The second-order valence-electron chi connectivity index (χ2n) is 4.07. The fourth-order valence-electron chi connectivity index (χ4n) is 1.61. The molecule has 0 unspecified atom stereocenters. The Morgan fingerprint density at radius 1 is 1.11 bits per heavy atom. The molecule has 0 saturated carbocycles. The lowest BCUT2D eigenvalue weighted by atomic mass is 10.2. The van der Waals surface area contributed by atoms with Crippen LogP contribution in [0, 0.1) is 0 Å². The first-order valence-corrected chi connectivity index (χ1v) is 5.72. The Morgan fingerprint density at radius 3 is 2.16 bits per heavy atom. The number of hydrogen-bond donors (Lipinski definition) is 2. The Balaban J connectivity index is 2.06. The third kappa shape index (κ3) is 3.19. The zero-order valence-corrected chi connectivity index (χ0v) is 10.7. The van der Waals surface area contributed by atoms with E-state index in [4.69, 9.17) is 0 Å². The van der Waals surface area contributed by atoms with Crippen molar-refractivity contribution in [3.63, 3.8) is 0 Å². The molecule has 2 amide bonds. The number of nitrogens with zero attached hydrogens (tertiary/aromatic N) is 2. The molecule has 0 radical (unpaired) electrons. The number of amides is 2. The second-order valence-corrected chi connectivity index (χ2v) is 4.07. The third-order valence-electron chi connectivity index (χ3n) is 2.49. The lowest BCUT2D eigenvalue weighted by Gasteiger charge is -2.06. The number of benzene rings is 1. The average molecular weight is 258 g/mol. The van der Waals surface area contributed by atoms with Crippen LogP contribution in [0.1, 0.15) is 17.5 Å². The standard InChI is InChI=1S/C13H14N4O2/c1-9(18)15-10-3-5-11(6-4-10)16-13(19)12-14-7-8-17(12)2/h3-8H,1-2H3,(H,15,18)(H,16,19). The van der Waals surface area contributed by atoms with Gasteiger partial charge in [0.25, 0.3) is 5.91 Å². The van der Waals surface area contributed by atoms with Crippen molar-refractivity contribution in [3.8, 4) is 0 Å². The summed E-state index contributed by atoms with van der Waals surface area (Å²) in [5, 5.41) is 5.38. The molecule has 6 heteroatoms. The first-order valence-electron chi connectivity index (χ1n) is 5.72. The first-order chi connectivity index (χ1) is 9.06. The highest BCUT2D eigenvalue weighted by molar-refractivity contribution is 6.02. The van der Waals surface area contributed by atoms with Crippen molar-refractivity contribution in [2.75, 3.05) is 10.6 Å². The summed E-state index contributed by atoms with van der Waals surface area (Å²) < 4.78 is 1.64. The van der Waals surface area contributed by atoms with Crippen molar-refractivity contribution in [2.45, 2.75) is 6.92 Å². The van der Waals surface area contributed by atoms with Gasteiger partial charge >= 0.3 is 0 Å². The number of aryl methyl sites for hydroxylation is 1. The highest BCUT2D eigenvalue weighted by atomic mass is 16.2. The Bertz CT molecular complexity index is 601. The lowest BCUT2D eigenvalue weighted by Crippen LogP contribution is -2.16. The monoisotopic (exact) mass is 258 g/mol. The molecule has 0 aliphatic heterocycles. The van der Waals surface area contributed by atoms with Gasteiger partial charge < -0.3 is 15.2 Å². The van der Waals surface area contributed by atoms with Crippen molar-refractivity contribution in [2.24, 2.45) is 7.05 Å². The second kappa shape index (κ2) is 5.34. The molecule has 0 saturated heterocycles. The summed E-state index contributed by atoms with van der Waals surface area (Å²) in [7, 11) is 1.75. The molecule has 0 aliphatic carbocycles. The van der Waals surface area contributed by atoms with E-state index in [0.717, 1.165) is 0 Å². The van der Waals surface area contributed by atoms with Gasteiger partial charge in [-0.3, -0.25) is 9.59 Å². The Kier molecular flexibility index (Phi) is 3.61. The molecule has 6 nitrogen and oxygen atoms in total. The molecule has 19 heavy (non-hydrogen) atoms. The van der Waals surface area contributed by atoms with E-state index < -0.39 is 0 Å². The predicted octanol–water partition coefficient (Wildman–Crippen LogP) is 1.63. The largest absolute Gasteiger partial charge is 0.330 e. The maximum Gasteiger partial charge on any atom is 0.291 e. The normalized spacial score (nSPS) is 10.0. The Hall–Kier alpha value is -2.63. The zero-order valence-electron chi connectivity index (χ0n) is 10.7. The van der Waals surface area contributed by atoms with Crippen LogP contribution in [0.3, 0.4) is 0 Å². The van der Waals surface area contributed by atoms with E-state index in [0.29, 0.717) is 17.2 Å². The van der Waals surface area contributed by atoms with Crippen LogP contribution in [0.4, 0.5) is 11.4 Å². The fraction of sp³-hybridized carbons (Fsp3) is 0.154. The number of hydrogen-bond acceptors (Lipinski definition) is 3. The molecule has 98 valence electrons. The van der Waals surface area contributed by atoms with Crippen molar-refractivity contribution in [1.82, 2.24) is 9.55 Å². The van der Waals surface area contributed by atoms with Gasteiger partial charge in [0.2, 0.25) is 5.91 Å². The van der Waals surface area contributed by atoms with Crippen LogP contribution in [0.25, 0.3) is 0 Å². The summed E-state index contributed by atoms with van der Waals surface area (Å²) in [6, 6.07) is 6.86. The minimum Gasteiger partial charge on any atom is -0.330 e. The summed E-state index contributed by atoms with van der Waals surface area (Å²) >= 11 is 0. The fourth-order valence-corrected chi connectivity index (χ4v) is 1.61. The van der Waals surface area contributed by atoms with Crippen LogP contribution in [0.2, 0.25) is 0 Å². The molecule has 0 aliphatic rings. The van der Waals surface area contributed by atoms with Crippen LogP contribution in [0.5, 0.6) is 0 Å². The maximum atomic E-state index is 11.9. The van der Waals surface area contributed by atoms with E-state index in [1.807, 2.05) is 0 Å². The molecule has 1 aromatic heterocycles. The van der Waals surface area contributed by atoms with E-state index in [1.54, 1.807) is 48.3 Å². The Labute approximate surface area is 110 Å². The van der Waals surface area contributed by atoms with Crippen molar-refractivity contribution in [3.05, 3.63) is 42.5 Å². The number of rotatable bonds is 3. The molecular weight excluding hydrogens is 244 g/mol. The van der Waals surface area contributed by atoms with Gasteiger partial charge in [-0.1, -0.05) is 0 Å². The SMILES string of the molecule is CC(=O)Nc1ccc(NC(=O)c2nccn2C)cc1. The highest BCUT2D eigenvalue weighted by Crippen LogP contribution is 2.14. The molecule has 2 N–H and O–H groups in total. The number of carbonyl (C=O) groups excluding carboxylic acids is 2. The molecule has 2 aromatic rings. The highest BCUT2D eigenvalue weighted by Gasteiger charge is 2.10. The number of carbonyl (C=O) groups is 2. The summed E-state index contributed by atoms with van der Waals surface area (Å²) in [6.45, 7) is 1.44. The van der Waals surface area contributed by atoms with Crippen molar-refractivity contribution in [1.29, 1.82) is 0 Å². The van der Waals surface area contributed by atoms with Crippen molar-refractivity contribution < 1.29 is 9.59 Å². The van der Waals surface area contributed by atoms with Gasteiger partial charge in [0.1, 0.15) is 0 Å². The number of nitrogens with one attached hydrogen (secondary N) is 2. The van der Waals surface area contributed by atoms with Crippen molar-refractivity contribution >= 4 is 23.2 Å². The molecule has 0 fully saturated rings. The Morgan fingerprint density at radius 2 is 1.68 bits per heavy atom. The van der Waals surface area contributed by atoms with E-state index in [2.05, 4.69) is 15.6 Å². The van der Waals surface area contributed by atoms with E-state index in [1.165, 1.54) is 6.92 Å². The summed E-state index contributed by atoms with van der Waals surface area (Å²) in [5.41, 5.74) is 1.32. The zero-order chi connectivity index (χ0) is 13.8. The minimum atomic E-state index is -0.278. The first kappa shape index (κ1) is 12.8. The summed E-state index contributed by atoms with van der Waals surface area (Å²) in [6.07, 6.45) is 3.27. The van der Waals surface area contributed by atoms with Gasteiger partial charge in [-0.2, -0.15) is 0 Å². The van der Waals surface area contributed by atoms with Gasteiger partial charge in [0.15, 0.2) is 5.82 Å². The van der Waals surface area contributed by atoms with Gasteiger partial charge in [-0.05, 0) is 24.3 Å². The maximum absolute atomic E-state index is 11.9. The number of anilines is 2. The van der Waals surface area contributed by atoms with Gasteiger partial charge in [-0.15, -0.1) is 0 Å². The quantitative estimate of drug-likeness (QED) is 0.878. The van der Waals surface area contributed by atoms with E-state index in [9.17, 15) is 9.59 Å². The molecular formula is C13H14N4O2. The van der Waals surface area contributed by atoms with Gasteiger partial charge in [-0.25, -0.2) is 4.98 Å². The molecule has 0 spiro atoms. The summed E-state index contributed by atoms with van der Waals surface area (Å²) in [4.78, 5) is 26.7. The topological polar surface area (TPSA) is 76.0 Å². The van der Waals surface area contributed by atoms with Crippen LogP contribution >= 0.6 is 0 Å². The van der Waals surface area contributed by atoms with Gasteiger partial charge in [0.05, 0.1) is 0 Å². The lowest BCUT2D eigenvalue weighted by molar-refractivity contribution is -0.114. The van der Waals surface area contributed by atoms with Crippen LogP contribution < -0.4 is 10.6 Å². The number of imidazole rings is 1. The van der Waals surface area contributed by atoms with E-state index in [-0.39, 0.29) is 11.8 Å². The van der Waals surface area contributed by atoms with Crippen LogP contribution in [-0.2, 0) is 11.8 Å². The molecule has 1 heterocycles. The molecule has 0 atom stereocenters. The van der Waals surface area contributed by atoms with Gasteiger partial charge in [0, 0.05) is 37.7 Å². The predicted molar refractivity (Wildman–Crippen MR) is 71.9 cm³/mol. The third-order valence-corrected chi connectivity index (χ3v) is 2.49. The number of aromatic nitrogens is 2. The smallest absolute Gasteiger partial charge is 0.291 e. The molecule has 0 bridgehead atoms. The minimum absolute atomic E-state index is 0.134. The van der Waals surface area contributed by atoms with Crippen LogP contribution in [0.15, 0.2) is 36.7 Å². The summed E-state index contributed by atoms with van der Waals surface area (Å²) in [5.74, 6) is -0.0736. The van der Waals surface area contributed by atoms with E-state index >= 15 is 0 Å². The molecule has 2 rings (SSSR count). The van der Waals surface area contributed by atoms with Crippen LogP contribution in [-0.4, -0.2) is 21.4 Å².